The Morgan fingerprint density at radius 3 is 2.13 bits per heavy atom. The van der Waals surface area contributed by atoms with Crippen molar-refractivity contribution in [3.8, 4) is 5.75 Å². The van der Waals surface area contributed by atoms with Crippen LogP contribution in [0.5, 0.6) is 5.75 Å². The molecule has 0 saturated heterocycles. The Kier molecular flexibility index (Phi) is 3.57. The molecule has 0 aliphatic carbocycles. The van der Waals surface area contributed by atoms with Crippen molar-refractivity contribution in [2.75, 3.05) is 0 Å². The van der Waals surface area contributed by atoms with Gasteiger partial charge in [-0.25, -0.2) is 0 Å². The van der Waals surface area contributed by atoms with Crippen LogP contribution in [0.1, 0.15) is 6.92 Å². The van der Waals surface area contributed by atoms with Crippen molar-refractivity contribution in [2.45, 2.75) is 25.2 Å². The first kappa shape index (κ1) is 11.8. The Morgan fingerprint density at radius 1 is 1.20 bits per heavy atom. The van der Waals surface area contributed by atoms with Crippen molar-refractivity contribution < 1.29 is 17.9 Å². The molecule has 2 N–H and O–H groups in total. The van der Waals surface area contributed by atoms with Crippen LogP contribution in [0.25, 0.3) is 0 Å². The summed E-state index contributed by atoms with van der Waals surface area (Å²) in [4.78, 5) is 0. The molecular weight excluding hydrogens is 207 g/mol. The third kappa shape index (κ3) is 3.43. The second-order valence-corrected chi connectivity index (χ2v) is 3.25. The molecule has 0 bridgehead atoms. The quantitative estimate of drug-likeness (QED) is 0.846. The summed E-state index contributed by atoms with van der Waals surface area (Å²) in [5, 5.41) is 0. The Labute approximate surface area is 85.8 Å². The number of nitrogens with two attached hydrogens (primary N) is 1. The molecule has 84 valence electrons. The summed E-state index contributed by atoms with van der Waals surface area (Å²) in [5.74, 6) is 0.164. The summed E-state index contributed by atoms with van der Waals surface area (Å²) in [6.07, 6.45) is -6.43. The van der Waals surface area contributed by atoms with Crippen molar-refractivity contribution >= 4 is 0 Å². The first-order chi connectivity index (χ1) is 6.91. The Bertz CT molecular complexity index is 297. The monoisotopic (exact) mass is 219 g/mol. The number of hydrogen-bond donors (Lipinski definition) is 1. The van der Waals surface area contributed by atoms with E-state index in [-0.39, 0.29) is 5.75 Å². The largest absolute Gasteiger partial charge is 0.479 e. The number of para-hydroxylation sites is 1. The van der Waals surface area contributed by atoms with Crippen LogP contribution in [0, 0.1) is 0 Å². The van der Waals surface area contributed by atoms with Crippen LogP contribution in [0.4, 0.5) is 13.2 Å². The standard InChI is InChI=1S/C10H12F3NO/c1-7(14)9(10(11,12)13)15-8-5-3-2-4-6-8/h2-7,9H,14H2,1H3. The van der Waals surface area contributed by atoms with Crippen LogP contribution in [-0.2, 0) is 0 Å². The highest BCUT2D eigenvalue weighted by Gasteiger charge is 2.44. The topological polar surface area (TPSA) is 35.2 Å². The predicted octanol–water partition coefficient (Wildman–Crippen LogP) is 2.34. The highest BCUT2D eigenvalue weighted by molar-refractivity contribution is 5.21. The van der Waals surface area contributed by atoms with Crippen LogP contribution in [0.3, 0.4) is 0 Å². The third-order valence-corrected chi connectivity index (χ3v) is 1.81. The molecule has 2 unspecified atom stereocenters. The number of hydrogen-bond acceptors (Lipinski definition) is 2. The van der Waals surface area contributed by atoms with Crippen molar-refractivity contribution in [1.29, 1.82) is 0 Å². The first-order valence-electron chi connectivity index (χ1n) is 4.45. The SMILES string of the molecule is CC(N)C(Oc1ccccc1)C(F)(F)F. The van der Waals surface area contributed by atoms with Crippen molar-refractivity contribution in [2.24, 2.45) is 5.73 Å². The lowest BCUT2D eigenvalue weighted by atomic mass is 10.2. The molecule has 1 aromatic rings. The number of halogens is 3. The van der Waals surface area contributed by atoms with Crippen molar-refractivity contribution in [3.63, 3.8) is 0 Å². The summed E-state index contributed by atoms with van der Waals surface area (Å²) in [6, 6.07) is 6.71. The van der Waals surface area contributed by atoms with Crippen LogP contribution in [-0.4, -0.2) is 18.3 Å². The smallest absolute Gasteiger partial charge is 0.426 e. The highest BCUT2D eigenvalue weighted by Crippen LogP contribution is 2.26. The van der Waals surface area contributed by atoms with Gasteiger partial charge in [0.15, 0.2) is 0 Å². The van der Waals surface area contributed by atoms with Crippen molar-refractivity contribution in [3.05, 3.63) is 30.3 Å². The van der Waals surface area contributed by atoms with Gasteiger partial charge in [-0.05, 0) is 19.1 Å². The van der Waals surface area contributed by atoms with Gasteiger partial charge in [0.1, 0.15) is 5.75 Å². The molecule has 1 rings (SSSR count). The molecule has 0 saturated carbocycles. The average Bonchev–Trinajstić information content (AvgIpc) is 2.13. The summed E-state index contributed by atoms with van der Waals surface area (Å²) in [5.41, 5.74) is 5.23. The molecule has 0 spiro atoms. The number of alkyl halides is 3. The van der Waals surface area contributed by atoms with E-state index in [9.17, 15) is 13.2 Å². The van der Waals surface area contributed by atoms with Gasteiger partial charge in [0, 0.05) is 6.04 Å². The molecule has 1 aromatic carbocycles. The lowest BCUT2D eigenvalue weighted by Gasteiger charge is -2.24. The molecule has 0 radical (unpaired) electrons. The normalized spacial score (nSPS) is 15.8. The van der Waals surface area contributed by atoms with Crippen LogP contribution < -0.4 is 10.5 Å². The van der Waals surface area contributed by atoms with E-state index in [0.717, 1.165) is 0 Å². The lowest BCUT2D eigenvalue weighted by Crippen LogP contribution is -2.47. The highest BCUT2D eigenvalue weighted by atomic mass is 19.4. The molecule has 5 heteroatoms. The van der Waals surface area contributed by atoms with Gasteiger partial charge in [0.05, 0.1) is 0 Å². The van der Waals surface area contributed by atoms with Gasteiger partial charge >= 0.3 is 6.18 Å². The molecule has 2 atom stereocenters. The maximum Gasteiger partial charge on any atom is 0.426 e. The molecule has 0 fully saturated rings. The minimum Gasteiger partial charge on any atom is -0.479 e. The summed E-state index contributed by atoms with van der Waals surface area (Å²) < 4.78 is 42.1. The minimum atomic E-state index is -4.45. The molecular formula is C10H12F3NO. The Morgan fingerprint density at radius 2 is 1.73 bits per heavy atom. The fourth-order valence-corrected chi connectivity index (χ4v) is 1.12. The second-order valence-electron chi connectivity index (χ2n) is 3.25. The fourth-order valence-electron chi connectivity index (χ4n) is 1.12. The lowest BCUT2D eigenvalue weighted by molar-refractivity contribution is -0.199. The maximum absolute atomic E-state index is 12.5. The molecule has 0 aliphatic heterocycles. The van der Waals surface area contributed by atoms with E-state index >= 15 is 0 Å². The molecule has 0 aromatic heterocycles. The number of rotatable bonds is 3. The Hall–Kier alpha value is -1.23. The van der Waals surface area contributed by atoms with Gasteiger partial charge in [0.25, 0.3) is 0 Å². The van der Waals surface area contributed by atoms with E-state index in [4.69, 9.17) is 10.5 Å². The average molecular weight is 219 g/mol. The van der Waals surface area contributed by atoms with Gasteiger partial charge in [-0.2, -0.15) is 13.2 Å². The van der Waals surface area contributed by atoms with Gasteiger partial charge in [-0.3, -0.25) is 0 Å². The number of benzene rings is 1. The van der Waals surface area contributed by atoms with Gasteiger partial charge in [-0.1, -0.05) is 18.2 Å². The molecule has 15 heavy (non-hydrogen) atoms. The molecule has 0 amide bonds. The van der Waals surface area contributed by atoms with Crippen LogP contribution in [0.2, 0.25) is 0 Å². The Balaban J connectivity index is 2.77. The zero-order valence-electron chi connectivity index (χ0n) is 8.16. The fraction of sp³-hybridized carbons (Fsp3) is 0.400. The summed E-state index contributed by atoms with van der Waals surface area (Å²) in [6.45, 7) is 1.26. The first-order valence-corrected chi connectivity index (χ1v) is 4.45. The van der Waals surface area contributed by atoms with E-state index in [0.29, 0.717) is 0 Å². The molecule has 0 heterocycles. The van der Waals surface area contributed by atoms with E-state index in [2.05, 4.69) is 0 Å². The van der Waals surface area contributed by atoms with Gasteiger partial charge in [-0.15, -0.1) is 0 Å². The van der Waals surface area contributed by atoms with E-state index in [1.54, 1.807) is 18.2 Å². The number of ether oxygens (including phenoxy) is 1. The summed E-state index contributed by atoms with van der Waals surface area (Å²) in [7, 11) is 0. The van der Waals surface area contributed by atoms with Gasteiger partial charge in [0.2, 0.25) is 6.10 Å². The predicted molar refractivity (Wildman–Crippen MR) is 50.6 cm³/mol. The molecule has 2 nitrogen and oxygen atoms in total. The van der Waals surface area contributed by atoms with Crippen LogP contribution >= 0.6 is 0 Å². The van der Waals surface area contributed by atoms with Crippen molar-refractivity contribution in [1.82, 2.24) is 0 Å². The van der Waals surface area contributed by atoms with E-state index in [1.165, 1.54) is 19.1 Å². The zero-order chi connectivity index (χ0) is 11.5. The second kappa shape index (κ2) is 4.53. The summed E-state index contributed by atoms with van der Waals surface area (Å²) >= 11 is 0. The molecule has 0 aliphatic rings. The van der Waals surface area contributed by atoms with E-state index < -0.39 is 18.3 Å². The zero-order valence-corrected chi connectivity index (χ0v) is 8.16. The van der Waals surface area contributed by atoms with Crippen LogP contribution in [0.15, 0.2) is 30.3 Å². The maximum atomic E-state index is 12.5. The van der Waals surface area contributed by atoms with Gasteiger partial charge < -0.3 is 10.5 Å². The third-order valence-electron chi connectivity index (χ3n) is 1.81. The van der Waals surface area contributed by atoms with E-state index in [1.807, 2.05) is 0 Å². The minimum absolute atomic E-state index is 0.164.